The Morgan fingerprint density at radius 3 is 2.77 bits per heavy atom. The van der Waals surface area contributed by atoms with Gasteiger partial charge in [0.25, 0.3) is 0 Å². The number of pyridine rings is 1. The molecule has 6 heteroatoms. The van der Waals surface area contributed by atoms with Crippen LogP contribution in [0.3, 0.4) is 0 Å². The normalized spacial score (nSPS) is 10.9. The van der Waals surface area contributed by atoms with Gasteiger partial charge in [0.1, 0.15) is 5.60 Å². The van der Waals surface area contributed by atoms with Gasteiger partial charge in [0, 0.05) is 19.3 Å². The number of aromatic nitrogens is 1. The fourth-order valence-electron chi connectivity index (χ4n) is 1.65. The third-order valence-electron chi connectivity index (χ3n) is 2.55. The first-order chi connectivity index (χ1) is 10.4. The highest BCUT2D eigenvalue weighted by Crippen LogP contribution is 2.20. The van der Waals surface area contributed by atoms with E-state index in [2.05, 4.69) is 22.5 Å². The quantitative estimate of drug-likeness (QED) is 0.722. The first-order valence-corrected chi connectivity index (χ1v) is 7.71. The maximum atomic E-state index is 11.5. The van der Waals surface area contributed by atoms with Gasteiger partial charge in [0.15, 0.2) is 11.6 Å². The summed E-state index contributed by atoms with van der Waals surface area (Å²) in [4.78, 5) is 15.7. The molecule has 0 fully saturated rings. The smallest absolute Gasteiger partial charge is 0.407 e. The van der Waals surface area contributed by atoms with Crippen LogP contribution in [0.2, 0.25) is 0 Å². The lowest BCUT2D eigenvalue weighted by Gasteiger charge is -2.19. The lowest BCUT2D eigenvalue weighted by Crippen LogP contribution is -2.33. The minimum atomic E-state index is -0.470. The first-order valence-electron chi connectivity index (χ1n) is 7.71. The second kappa shape index (κ2) is 9.12. The molecule has 22 heavy (non-hydrogen) atoms. The third kappa shape index (κ3) is 7.71. The Hall–Kier alpha value is -1.98. The summed E-state index contributed by atoms with van der Waals surface area (Å²) in [5.74, 6) is 1.48. The summed E-state index contributed by atoms with van der Waals surface area (Å²) in [5, 5.41) is 5.94. The van der Waals surface area contributed by atoms with E-state index < -0.39 is 11.7 Å². The summed E-state index contributed by atoms with van der Waals surface area (Å²) in [6, 6.07) is 3.74. The van der Waals surface area contributed by atoms with E-state index in [0.29, 0.717) is 19.7 Å². The molecular formula is C16H27N3O3. The van der Waals surface area contributed by atoms with Crippen LogP contribution in [0, 0.1) is 0 Å². The second-order valence-electron chi connectivity index (χ2n) is 5.91. The number of carbonyl (C=O) groups is 1. The van der Waals surface area contributed by atoms with Crippen LogP contribution in [0.4, 0.5) is 10.6 Å². The van der Waals surface area contributed by atoms with Crippen LogP contribution in [0.5, 0.6) is 5.75 Å². The van der Waals surface area contributed by atoms with Gasteiger partial charge in [-0.05, 0) is 45.7 Å². The Morgan fingerprint density at radius 2 is 2.09 bits per heavy atom. The molecule has 0 aliphatic carbocycles. The maximum absolute atomic E-state index is 11.5. The van der Waals surface area contributed by atoms with Crippen molar-refractivity contribution in [2.45, 2.75) is 46.1 Å². The van der Waals surface area contributed by atoms with Crippen molar-refractivity contribution in [3.63, 3.8) is 0 Å². The van der Waals surface area contributed by atoms with Crippen molar-refractivity contribution < 1.29 is 14.3 Å². The number of alkyl carbamates (subject to hydrolysis) is 1. The van der Waals surface area contributed by atoms with E-state index in [1.54, 1.807) is 6.20 Å². The Balaban J connectivity index is 2.26. The highest BCUT2D eigenvalue weighted by molar-refractivity contribution is 5.67. The molecule has 0 bridgehead atoms. The number of hydrogen-bond donors (Lipinski definition) is 2. The molecule has 1 rings (SSSR count). The van der Waals surface area contributed by atoms with Crippen molar-refractivity contribution >= 4 is 11.9 Å². The van der Waals surface area contributed by atoms with Crippen LogP contribution in [0.25, 0.3) is 0 Å². The van der Waals surface area contributed by atoms with Gasteiger partial charge in [-0.25, -0.2) is 9.78 Å². The summed E-state index contributed by atoms with van der Waals surface area (Å²) in [7, 11) is 0. The SMILES string of the molecule is CCCOc1cccnc1NCCCNC(=O)OC(C)(C)C. The molecule has 0 aromatic carbocycles. The number of ether oxygens (including phenoxy) is 2. The molecule has 0 aliphatic rings. The number of nitrogens with one attached hydrogen (secondary N) is 2. The molecule has 1 heterocycles. The molecule has 0 saturated carbocycles. The third-order valence-corrected chi connectivity index (χ3v) is 2.55. The standard InChI is InChI=1S/C16H27N3O3/c1-5-12-21-13-8-6-9-17-14(13)18-10-7-11-19-15(20)22-16(2,3)4/h6,8-9H,5,7,10-12H2,1-4H3,(H,17,18)(H,19,20). The molecular weight excluding hydrogens is 282 g/mol. The van der Waals surface area contributed by atoms with Crippen molar-refractivity contribution in [1.29, 1.82) is 0 Å². The maximum Gasteiger partial charge on any atom is 0.407 e. The van der Waals surface area contributed by atoms with Gasteiger partial charge in [-0.2, -0.15) is 0 Å². The fourth-order valence-corrected chi connectivity index (χ4v) is 1.65. The average Bonchev–Trinajstić information content (AvgIpc) is 2.44. The van der Waals surface area contributed by atoms with Gasteiger partial charge in [0.05, 0.1) is 6.61 Å². The first kappa shape index (κ1) is 18.1. The van der Waals surface area contributed by atoms with Crippen molar-refractivity contribution in [2.75, 3.05) is 25.0 Å². The van der Waals surface area contributed by atoms with E-state index in [-0.39, 0.29) is 0 Å². The van der Waals surface area contributed by atoms with Crippen LogP contribution in [-0.2, 0) is 4.74 Å². The number of anilines is 1. The molecule has 1 amide bonds. The zero-order valence-electron chi connectivity index (χ0n) is 13.9. The topological polar surface area (TPSA) is 72.5 Å². The molecule has 0 radical (unpaired) electrons. The highest BCUT2D eigenvalue weighted by atomic mass is 16.6. The Morgan fingerprint density at radius 1 is 1.32 bits per heavy atom. The summed E-state index contributed by atoms with van der Waals surface area (Å²) >= 11 is 0. The van der Waals surface area contributed by atoms with Crippen molar-refractivity contribution in [3.8, 4) is 5.75 Å². The van der Waals surface area contributed by atoms with Gasteiger partial charge < -0.3 is 20.1 Å². The van der Waals surface area contributed by atoms with E-state index in [1.807, 2.05) is 32.9 Å². The van der Waals surface area contributed by atoms with Crippen molar-refractivity contribution in [1.82, 2.24) is 10.3 Å². The molecule has 1 aromatic heterocycles. The summed E-state index contributed by atoms with van der Waals surface area (Å²) in [6.07, 6.45) is 3.05. The minimum Gasteiger partial charge on any atom is -0.490 e. The van der Waals surface area contributed by atoms with E-state index in [0.717, 1.165) is 24.4 Å². The molecule has 0 saturated heterocycles. The molecule has 1 aromatic rings. The van der Waals surface area contributed by atoms with Crippen LogP contribution in [0.1, 0.15) is 40.5 Å². The number of hydrogen-bond acceptors (Lipinski definition) is 5. The van der Waals surface area contributed by atoms with Crippen LogP contribution in [-0.4, -0.2) is 36.4 Å². The molecule has 0 spiro atoms. The Bertz CT molecular complexity index is 458. The molecule has 0 unspecified atom stereocenters. The number of rotatable bonds is 8. The lowest BCUT2D eigenvalue weighted by molar-refractivity contribution is 0.0528. The summed E-state index contributed by atoms with van der Waals surface area (Å²) in [5.41, 5.74) is -0.470. The molecule has 2 N–H and O–H groups in total. The zero-order chi connectivity index (χ0) is 16.4. The fraction of sp³-hybridized carbons (Fsp3) is 0.625. The van der Waals surface area contributed by atoms with Gasteiger partial charge >= 0.3 is 6.09 Å². The molecule has 6 nitrogen and oxygen atoms in total. The van der Waals surface area contributed by atoms with Gasteiger partial charge in [-0.3, -0.25) is 0 Å². The van der Waals surface area contributed by atoms with E-state index in [9.17, 15) is 4.79 Å². The summed E-state index contributed by atoms with van der Waals surface area (Å²) < 4.78 is 10.8. The highest BCUT2D eigenvalue weighted by Gasteiger charge is 2.15. The Labute approximate surface area is 132 Å². The summed E-state index contributed by atoms with van der Waals surface area (Å²) in [6.45, 7) is 9.48. The van der Waals surface area contributed by atoms with Gasteiger partial charge in [-0.15, -0.1) is 0 Å². The minimum absolute atomic E-state index is 0.391. The number of carbonyl (C=O) groups excluding carboxylic acids is 1. The van der Waals surface area contributed by atoms with Crippen LogP contribution < -0.4 is 15.4 Å². The van der Waals surface area contributed by atoms with E-state index in [1.165, 1.54) is 0 Å². The van der Waals surface area contributed by atoms with E-state index >= 15 is 0 Å². The van der Waals surface area contributed by atoms with Crippen LogP contribution in [0.15, 0.2) is 18.3 Å². The monoisotopic (exact) mass is 309 g/mol. The largest absolute Gasteiger partial charge is 0.490 e. The van der Waals surface area contributed by atoms with Crippen molar-refractivity contribution in [3.05, 3.63) is 18.3 Å². The number of amides is 1. The van der Waals surface area contributed by atoms with E-state index in [4.69, 9.17) is 9.47 Å². The predicted molar refractivity (Wildman–Crippen MR) is 87.4 cm³/mol. The lowest BCUT2D eigenvalue weighted by atomic mass is 10.2. The van der Waals surface area contributed by atoms with Crippen LogP contribution >= 0.6 is 0 Å². The Kier molecular flexibility index (Phi) is 7.49. The molecule has 124 valence electrons. The van der Waals surface area contributed by atoms with Gasteiger partial charge in [-0.1, -0.05) is 6.92 Å². The zero-order valence-corrected chi connectivity index (χ0v) is 13.9. The van der Waals surface area contributed by atoms with Crippen molar-refractivity contribution in [2.24, 2.45) is 0 Å². The number of nitrogens with zero attached hydrogens (tertiary/aromatic N) is 1. The van der Waals surface area contributed by atoms with Gasteiger partial charge in [0.2, 0.25) is 0 Å². The molecule has 0 aliphatic heterocycles. The predicted octanol–water partition coefficient (Wildman–Crippen LogP) is 3.20. The molecule has 0 atom stereocenters. The second-order valence-corrected chi connectivity index (χ2v) is 5.91. The average molecular weight is 309 g/mol.